The van der Waals surface area contributed by atoms with Crippen molar-refractivity contribution in [1.29, 1.82) is 0 Å². The van der Waals surface area contributed by atoms with Gasteiger partial charge in [0.25, 0.3) is 0 Å². The van der Waals surface area contributed by atoms with Crippen LogP contribution in [0.3, 0.4) is 0 Å². The minimum absolute atomic E-state index is 0.000370. The summed E-state index contributed by atoms with van der Waals surface area (Å²) in [4.78, 5) is 25.7. The summed E-state index contributed by atoms with van der Waals surface area (Å²) in [5.74, 6) is 0.413. The van der Waals surface area contributed by atoms with E-state index in [9.17, 15) is 9.59 Å². The number of Topliss-reactive ketones (excluding diaryl/α,β-unsaturated/α-hetero) is 1. The van der Waals surface area contributed by atoms with Gasteiger partial charge in [-0.2, -0.15) is 0 Å². The van der Waals surface area contributed by atoms with Crippen molar-refractivity contribution >= 4 is 11.7 Å². The van der Waals surface area contributed by atoms with Gasteiger partial charge in [0.1, 0.15) is 0 Å². The van der Waals surface area contributed by atoms with Crippen molar-refractivity contribution in [2.24, 2.45) is 11.7 Å². The Bertz CT molecular complexity index is 324. The molecule has 1 saturated heterocycles. The Hall–Kier alpha value is -0.900. The number of rotatable bonds is 3. The second-order valence-corrected chi connectivity index (χ2v) is 5.72. The number of nitrogens with zero attached hydrogens (tertiary/aromatic N) is 1. The van der Waals surface area contributed by atoms with Crippen molar-refractivity contribution in [3.05, 3.63) is 0 Å². The van der Waals surface area contributed by atoms with Crippen LogP contribution in [0.25, 0.3) is 0 Å². The molecule has 4 heteroatoms. The van der Waals surface area contributed by atoms with Gasteiger partial charge >= 0.3 is 0 Å². The van der Waals surface area contributed by atoms with E-state index in [0.29, 0.717) is 12.5 Å². The molecule has 0 radical (unpaired) electrons. The van der Waals surface area contributed by atoms with Crippen molar-refractivity contribution in [1.82, 2.24) is 4.90 Å². The minimum Gasteiger partial charge on any atom is -0.331 e. The zero-order valence-corrected chi connectivity index (χ0v) is 11.2. The standard InChI is InChI=1S/C14H24N2O2/c1-10(17)12-8-5-9-16(12)14(18)13(15)11-6-3-2-4-7-11/h11-13H,2-9,15H2,1H3/t12-,13-/m0/s1. The molecular weight excluding hydrogens is 228 g/mol. The molecule has 0 aromatic carbocycles. The predicted octanol–water partition coefficient (Wildman–Crippen LogP) is 1.47. The Morgan fingerprint density at radius 3 is 2.39 bits per heavy atom. The number of hydrogen-bond donors (Lipinski definition) is 1. The van der Waals surface area contributed by atoms with E-state index in [1.165, 1.54) is 19.3 Å². The van der Waals surface area contributed by atoms with Crippen LogP contribution in [0.2, 0.25) is 0 Å². The summed E-state index contributed by atoms with van der Waals surface area (Å²) in [7, 11) is 0. The fourth-order valence-corrected chi connectivity index (χ4v) is 3.34. The number of nitrogens with two attached hydrogens (primary N) is 1. The van der Waals surface area contributed by atoms with Crippen molar-refractivity contribution in [3.8, 4) is 0 Å². The highest BCUT2D eigenvalue weighted by molar-refractivity contribution is 5.90. The maximum absolute atomic E-state index is 12.4. The molecule has 0 aromatic heterocycles. The number of carbonyl (C=O) groups excluding carboxylic acids is 2. The first-order valence-corrected chi connectivity index (χ1v) is 7.18. The van der Waals surface area contributed by atoms with E-state index in [2.05, 4.69) is 0 Å². The maximum atomic E-state index is 12.4. The molecule has 0 aromatic rings. The van der Waals surface area contributed by atoms with Gasteiger partial charge in [0.15, 0.2) is 5.78 Å². The van der Waals surface area contributed by atoms with Crippen LogP contribution in [0.1, 0.15) is 51.9 Å². The summed E-state index contributed by atoms with van der Waals surface area (Å²) < 4.78 is 0. The largest absolute Gasteiger partial charge is 0.331 e. The molecule has 0 spiro atoms. The highest BCUT2D eigenvalue weighted by Gasteiger charge is 2.36. The molecule has 18 heavy (non-hydrogen) atoms. The van der Waals surface area contributed by atoms with Gasteiger partial charge < -0.3 is 10.6 Å². The molecular formula is C14H24N2O2. The molecule has 2 fully saturated rings. The molecule has 0 bridgehead atoms. The molecule has 2 aliphatic rings. The molecule has 4 nitrogen and oxygen atoms in total. The van der Waals surface area contributed by atoms with Crippen LogP contribution in [0.5, 0.6) is 0 Å². The Labute approximate surface area is 109 Å². The second-order valence-electron chi connectivity index (χ2n) is 5.72. The van der Waals surface area contributed by atoms with Crippen LogP contribution >= 0.6 is 0 Å². The molecule has 2 N–H and O–H groups in total. The van der Waals surface area contributed by atoms with Gasteiger partial charge in [-0.1, -0.05) is 19.3 Å². The number of hydrogen-bond acceptors (Lipinski definition) is 3. The lowest BCUT2D eigenvalue weighted by Crippen LogP contribution is -2.51. The van der Waals surface area contributed by atoms with E-state index in [1.807, 2.05) is 0 Å². The zero-order valence-electron chi connectivity index (χ0n) is 11.2. The van der Waals surface area contributed by atoms with Crippen LogP contribution in [0, 0.1) is 5.92 Å². The van der Waals surface area contributed by atoms with E-state index in [0.717, 1.165) is 25.7 Å². The van der Waals surface area contributed by atoms with Crippen LogP contribution < -0.4 is 5.73 Å². The van der Waals surface area contributed by atoms with Gasteiger partial charge in [-0.05, 0) is 38.5 Å². The van der Waals surface area contributed by atoms with Crippen LogP contribution in [0.4, 0.5) is 0 Å². The molecule has 102 valence electrons. The normalized spacial score (nSPS) is 27.2. The summed E-state index contributed by atoms with van der Waals surface area (Å²) in [6.45, 7) is 2.27. The molecule has 2 rings (SSSR count). The number of amides is 1. The lowest BCUT2D eigenvalue weighted by Gasteiger charge is -2.31. The second kappa shape index (κ2) is 5.83. The molecule has 1 amide bonds. The Morgan fingerprint density at radius 1 is 1.11 bits per heavy atom. The maximum Gasteiger partial charge on any atom is 0.240 e. The average Bonchev–Trinajstić information content (AvgIpc) is 2.87. The lowest BCUT2D eigenvalue weighted by atomic mass is 9.83. The lowest BCUT2D eigenvalue weighted by molar-refractivity contribution is -0.139. The minimum atomic E-state index is -0.398. The van der Waals surface area contributed by atoms with E-state index >= 15 is 0 Å². The van der Waals surface area contributed by atoms with Crippen molar-refractivity contribution in [2.75, 3.05) is 6.54 Å². The first-order valence-electron chi connectivity index (χ1n) is 7.18. The highest BCUT2D eigenvalue weighted by Crippen LogP contribution is 2.28. The molecule has 1 heterocycles. The van der Waals surface area contributed by atoms with Crippen LogP contribution in [-0.2, 0) is 9.59 Å². The van der Waals surface area contributed by atoms with Crippen molar-refractivity contribution in [3.63, 3.8) is 0 Å². The number of ketones is 1. The van der Waals surface area contributed by atoms with E-state index in [4.69, 9.17) is 5.73 Å². The third-order valence-corrected chi connectivity index (χ3v) is 4.45. The van der Waals surface area contributed by atoms with Gasteiger partial charge in [0, 0.05) is 6.54 Å². The van der Waals surface area contributed by atoms with Gasteiger partial charge in [-0.3, -0.25) is 9.59 Å². The van der Waals surface area contributed by atoms with Gasteiger partial charge in [-0.15, -0.1) is 0 Å². The Morgan fingerprint density at radius 2 is 1.78 bits per heavy atom. The third kappa shape index (κ3) is 2.74. The summed E-state index contributed by atoms with van der Waals surface area (Å²) in [5, 5.41) is 0. The highest BCUT2D eigenvalue weighted by atomic mass is 16.2. The van der Waals surface area contributed by atoms with Crippen LogP contribution in [-0.4, -0.2) is 35.2 Å². The van der Waals surface area contributed by atoms with Gasteiger partial charge in [-0.25, -0.2) is 0 Å². The average molecular weight is 252 g/mol. The van der Waals surface area contributed by atoms with Crippen molar-refractivity contribution < 1.29 is 9.59 Å². The fraction of sp³-hybridized carbons (Fsp3) is 0.857. The molecule has 1 aliphatic heterocycles. The monoisotopic (exact) mass is 252 g/mol. The van der Waals surface area contributed by atoms with E-state index < -0.39 is 6.04 Å². The molecule has 0 unspecified atom stereocenters. The van der Waals surface area contributed by atoms with Gasteiger partial charge in [0.05, 0.1) is 12.1 Å². The first-order chi connectivity index (χ1) is 8.61. The Balaban J connectivity index is 1.99. The smallest absolute Gasteiger partial charge is 0.240 e. The zero-order chi connectivity index (χ0) is 13.1. The summed E-state index contributed by atoms with van der Waals surface area (Å²) >= 11 is 0. The summed E-state index contributed by atoms with van der Waals surface area (Å²) in [6.07, 6.45) is 7.48. The topological polar surface area (TPSA) is 63.4 Å². The van der Waals surface area contributed by atoms with E-state index in [-0.39, 0.29) is 17.7 Å². The van der Waals surface area contributed by atoms with Gasteiger partial charge in [0.2, 0.25) is 5.91 Å². The van der Waals surface area contributed by atoms with Crippen molar-refractivity contribution in [2.45, 2.75) is 64.0 Å². The molecule has 1 saturated carbocycles. The van der Waals surface area contributed by atoms with Crippen LogP contribution in [0.15, 0.2) is 0 Å². The third-order valence-electron chi connectivity index (χ3n) is 4.45. The molecule has 2 atom stereocenters. The molecule has 1 aliphatic carbocycles. The SMILES string of the molecule is CC(=O)[C@@H]1CCCN1C(=O)[C@@H](N)C1CCCCC1. The number of likely N-dealkylation sites (tertiary alicyclic amines) is 1. The predicted molar refractivity (Wildman–Crippen MR) is 70.0 cm³/mol. The van der Waals surface area contributed by atoms with E-state index in [1.54, 1.807) is 11.8 Å². The first kappa shape index (κ1) is 13.5. The quantitative estimate of drug-likeness (QED) is 0.827. The fourth-order valence-electron chi connectivity index (χ4n) is 3.34. The number of carbonyl (C=O) groups is 2. The Kier molecular flexibility index (Phi) is 4.38. The summed E-state index contributed by atoms with van der Waals surface area (Å²) in [6, 6.07) is -0.614. The summed E-state index contributed by atoms with van der Waals surface area (Å²) in [5.41, 5.74) is 6.13.